The Morgan fingerprint density at radius 2 is 1.89 bits per heavy atom. The molecule has 0 fully saturated rings. The van der Waals surface area contributed by atoms with Gasteiger partial charge in [0.25, 0.3) is 0 Å². The molecular formula is C23H29NO3. The first-order chi connectivity index (χ1) is 12.9. The second-order valence-electron chi connectivity index (χ2n) is 7.08. The van der Waals surface area contributed by atoms with Crippen molar-refractivity contribution in [2.24, 2.45) is 5.92 Å². The lowest BCUT2D eigenvalue weighted by atomic mass is 10.1. The Hall–Kier alpha value is -2.75. The highest BCUT2D eigenvalue weighted by Crippen LogP contribution is 2.29. The minimum atomic E-state index is -0.167. The fourth-order valence-electron chi connectivity index (χ4n) is 2.53. The van der Waals surface area contributed by atoms with Gasteiger partial charge in [0.15, 0.2) is 11.5 Å². The second-order valence-corrected chi connectivity index (χ2v) is 7.08. The van der Waals surface area contributed by atoms with Gasteiger partial charge in [-0.1, -0.05) is 32.0 Å². The summed E-state index contributed by atoms with van der Waals surface area (Å²) in [6, 6.07) is 11.6. The van der Waals surface area contributed by atoms with Crippen LogP contribution in [-0.2, 0) is 4.79 Å². The number of anilines is 1. The summed E-state index contributed by atoms with van der Waals surface area (Å²) in [6.45, 7) is 8.96. The third-order valence-corrected chi connectivity index (χ3v) is 4.22. The number of aryl methyl sites for hydroxylation is 2. The van der Waals surface area contributed by atoms with Gasteiger partial charge in [-0.15, -0.1) is 0 Å². The quantitative estimate of drug-likeness (QED) is 0.637. The smallest absolute Gasteiger partial charge is 0.248 e. The Labute approximate surface area is 162 Å². The Kier molecular flexibility index (Phi) is 7.47. The van der Waals surface area contributed by atoms with E-state index in [1.807, 2.05) is 50.2 Å². The molecule has 0 heterocycles. The summed E-state index contributed by atoms with van der Waals surface area (Å²) in [7, 11) is 1.62. The highest BCUT2D eigenvalue weighted by Gasteiger charge is 2.06. The van der Waals surface area contributed by atoms with Gasteiger partial charge in [0.1, 0.15) is 0 Å². The lowest BCUT2D eigenvalue weighted by Crippen LogP contribution is -2.09. The molecule has 0 aliphatic heterocycles. The maximum Gasteiger partial charge on any atom is 0.248 e. The van der Waals surface area contributed by atoms with E-state index in [1.165, 1.54) is 6.08 Å². The zero-order valence-corrected chi connectivity index (χ0v) is 16.8. The van der Waals surface area contributed by atoms with Crippen molar-refractivity contribution in [1.29, 1.82) is 0 Å². The number of ether oxygens (including phenoxy) is 2. The predicted octanol–water partition coefficient (Wildman–Crippen LogP) is 5.39. The number of methoxy groups -OCH3 is 1. The number of amides is 1. The van der Waals surface area contributed by atoms with Crippen LogP contribution in [0.1, 0.15) is 37.0 Å². The first kappa shape index (κ1) is 20.6. The van der Waals surface area contributed by atoms with Gasteiger partial charge >= 0.3 is 0 Å². The van der Waals surface area contributed by atoms with Gasteiger partial charge < -0.3 is 14.8 Å². The summed E-state index contributed by atoms with van der Waals surface area (Å²) in [5.41, 5.74) is 3.85. The molecule has 27 heavy (non-hydrogen) atoms. The third kappa shape index (κ3) is 6.48. The number of carbonyl (C=O) groups excluding carboxylic acids is 1. The van der Waals surface area contributed by atoms with Gasteiger partial charge in [0.2, 0.25) is 5.91 Å². The molecule has 2 aromatic rings. The number of hydrogen-bond acceptors (Lipinski definition) is 3. The lowest BCUT2D eigenvalue weighted by Gasteiger charge is -2.12. The van der Waals surface area contributed by atoms with Crippen LogP contribution < -0.4 is 14.8 Å². The molecule has 0 aliphatic carbocycles. The van der Waals surface area contributed by atoms with E-state index in [1.54, 1.807) is 13.2 Å². The monoisotopic (exact) mass is 367 g/mol. The normalized spacial score (nSPS) is 11.0. The summed E-state index contributed by atoms with van der Waals surface area (Å²) in [5, 5.41) is 2.92. The maximum absolute atomic E-state index is 12.2. The van der Waals surface area contributed by atoms with Crippen LogP contribution in [0.25, 0.3) is 6.08 Å². The van der Waals surface area contributed by atoms with E-state index in [0.717, 1.165) is 34.5 Å². The van der Waals surface area contributed by atoms with Crippen molar-refractivity contribution in [1.82, 2.24) is 0 Å². The molecule has 0 atom stereocenters. The average Bonchev–Trinajstić information content (AvgIpc) is 2.63. The standard InChI is InChI=1S/C23H29NO3/c1-16(2)12-13-27-21-10-8-19(15-22(21)26-5)9-11-23(25)24-20-14-17(3)6-7-18(20)4/h6-11,14-16H,12-13H2,1-5H3,(H,24,25). The molecule has 0 unspecified atom stereocenters. The van der Waals surface area contributed by atoms with Gasteiger partial charge in [-0.3, -0.25) is 4.79 Å². The van der Waals surface area contributed by atoms with E-state index >= 15 is 0 Å². The van der Waals surface area contributed by atoms with Crippen LogP contribution in [0, 0.1) is 19.8 Å². The van der Waals surface area contributed by atoms with Gasteiger partial charge in [-0.25, -0.2) is 0 Å². The summed E-state index contributed by atoms with van der Waals surface area (Å²) in [6.07, 6.45) is 4.28. The molecule has 2 aromatic carbocycles. The molecule has 0 bridgehead atoms. The van der Waals surface area contributed by atoms with Crippen molar-refractivity contribution >= 4 is 17.7 Å². The molecule has 0 aromatic heterocycles. The summed E-state index contributed by atoms with van der Waals surface area (Å²) in [4.78, 5) is 12.2. The molecule has 1 amide bonds. The first-order valence-corrected chi connectivity index (χ1v) is 9.26. The number of hydrogen-bond donors (Lipinski definition) is 1. The van der Waals surface area contributed by atoms with E-state index in [2.05, 4.69) is 19.2 Å². The van der Waals surface area contributed by atoms with E-state index in [9.17, 15) is 4.79 Å². The number of benzene rings is 2. The highest BCUT2D eigenvalue weighted by atomic mass is 16.5. The van der Waals surface area contributed by atoms with Crippen molar-refractivity contribution in [3.05, 3.63) is 59.2 Å². The van der Waals surface area contributed by atoms with E-state index in [-0.39, 0.29) is 5.91 Å². The van der Waals surface area contributed by atoms with Crippen molar-refractivity contribution in [3.63, 3.8) is 0 Å². The lowest BCUT2D eigenvalue weighted by molar-refractivity contribution is -0.111. The molecule has 2 rings (SSSR count). The van der Waals surface area contributed by atoms with Crippen LogP contribution in [0.5, 0.6) is 11.5 Å². The van der Waals surface area contributed by atoms with Crippen LogP contribution in [-0.4, -0.2) is 19.6 Å². The summed E-state index contributed by atoms with van der Waals surface area (Å²) >= 11 is 0. The molecule has 0 radical (unpaired) electrons. The largest absolute Gasteiger partial charge is 0.493 e. The first-order valence-electron chi connectivity index (χ1n) is 9.26. The van der Waals surface area contributed by atoms with Crippen LogP contribution in [0.2, 0.25) is 0 Å². The minimum absolute atomic E-state index is 0.167. The van der Waals surface area contributed by atoms with Crippen LogP contribution in [0.3, 0.4) is 0 Å². The van der Waals surface area contributed by atoms with Crippen molar-refractivity contribution in [3.8, 4) is 11.5 Å². The zero-order chi connectivity index (χ0) is 19.8. The average molecular weight is 367 g/mol. The van der Waals surface area contributed by atoms with Crippen molar-refractivity contribution in [2.75, 3.05) is 19.0 Å². The maximum atomic E-state index is 12.2. The molecule has 0 saturated heterocycles. The van der Waals surface area contributed by atoms with Gasteiger partial charge in [0.05, 0.1) is 13.7 Å². The Balaban J connectivity index is 2.03. The van der Waals surface area contributed by atoms with Gasteiger partial charge in [0, 0.05) is 11.8 Å². The number of nitrogens with one attached hydrogen (secondary N) is 1. The predicted molar refractivity (Wildman–Crippen MR) is 112 cm³/mol. The van der Waals surface area contributed by atoms with E-state index in [4.69, 9.17) is 9.47 Å². The SMILES string of the molecule is COc1cc(C=CC(=O)Nc2cc(C)ccc2C)ccc1OCCC(C)C. The molecule has 1 N–H and O–H groups in total. The minimum Gasteiger partial charge on any atom is -0.493 e. The fourth-order valence-corrected chi connectivity index (χ4v) is 2.53. The Morgan fingerprint density at radius 1 is 1.11 bits per heavy atom. The Bertz CT molecular complexity index is 809. The summed E-state index contributed by atoms with van der Waals surface area (Å²) in [5.74, 6) is 1.81. The molecule has 144 valence electrons. The molecule has 4 nitrogen and oxygen atoms in total. The molecule has 0 saturated carbocycles. The fraction of sp³-hybridized carbons (Fsp3) is 0.348. The molecule has 4 heteroatoms. The van der Waals surface area contributed by atoms with Crippen molar-refractivity contribution < 1.29 is 14.3 Å². The number of rotatable bonds is 8. The van der Waals surface area contributed by atoms with E-state index in [0.29, 0.717) is 18.3 Å². The van der Waals surface area contributed by atoms with Crippen LogP contribution >= 0.6 is 0 Å². The summed E-state index contributed by atoms with van der Waals surface area (Å²) < 4.78 is 11.2. The second kappa shape index (κ2) is 9.81. The third-order valence-electron chi connectivity index (χ3n) is 4.22. The van der Waals surface area contributed by atoms with Crippen LogP contribution in [0.15, 0.2) is 42.5 Å². The van der Waals surface area contributed by atoms with Crippen LogP contribution in [0.4, 0.5) is 5.69 Å². The van der Waals surface area contributed by atoms with Crippen molar-refractivity contribution in [2.45, 2.75) is 34.1 Å². The number of carbonyl (C=O) groups is 1. The van der Waals surface area contributed by atoms with Gasteiger partial charge in [-0.05, 0) is 67.2 Å². The van der Waals surface area contributed by atoms with Gasteiger partial charge in [-0.2, -0.15) is 0 Å². The van der Waals surface area contributed by atoms with E-state index < -0.39 is 0 Å². The topological polar surface area (TPSA) is 47.6 Å². The molecule has 0 spiro atoms. The Morgan fingerprint density at radius 3 is 2.59 bits per heavy atom. The molecule has 0 aliphatic rings. The zero-order valence-electron chi connectivity index (χ0n) is 16.8. The molecular weight excluding hydrogens is 338 g/mol. The highest BCUT2D eigenvalue weighted by molar-refractivity contribution is 6.02.